The third-order valence-corrected chi connectivity index (χ3v) is 9.49. The second-order valence-corrected chi connectivity index (χ2v) is 11.0. The van der Waals surface area contributed by atoms with E-state index in [1.165, 1.54) is 12.0 Å². The topological polar surface area (TPSA) is 106 Å². The van der Waals surface area contributed by atoms with Gasteiger partial charge in [-0.25, -0.2) is 4.79 Å². The summed E-state index contributed by atoms with van der Waals surface area (Å²) >= 11 is 0. The van der Waals surface area contributed by atoms with E-state index in [-0.39, 0.29) is 29.8 Å². The Morgan fingerprint density at radius 2 is 1.82 bits per heavy atom. The predicted molar refractivity (Wildman–Crippen MR) is 118 cm³/mol. The summed E-state index contributed by atoms with van der Waals surface area (Å²) in [6.45, 7) is 4.26. The molecular formula is C25H34N2O6. The summed E-state index contributed by atoms with van der Waals surface area (Å²) in [6, 6.07) is 0. The Bertz CT molecular complexity index is 912. The van der Waals surface area contributed by atoms with Gasteiger partial charge in [-0.2, -0.15) is 0 Å². The van der Waals surface area contributed by atoms with Crippen LogP contribution in [0.2, 0.25) is 0 Å². The monoisotopic (exact) mass is 458 g/mol. The van der Waals surface area contributed by atoms with Gasteiger partial charge in [0.15, 0.2) is 0 Å². The number of nitrogens with zero attached hydrogens (tertiary/aromatic N) is 2. The molecule has 2 amide bonds. The lowest BCUT2D eigenvalue weighted by molar-refractivity contribution is -0.200. The van der Waals surface area contributed by atoms with Crippen LogP contribution in [-0.2, 0) is 24.1 Å². The van der Waals surface area contributed by atoms with Crippen molar-refractivity contribution in [1.29, 1.82) is 0 Å². The Hall–Kier alpha value is -2.22. The number of hydroxylamine groups is 2. The number of amides is 2. The maximum atomic E-state index is 11.9. The zero-order valence-corrected chi connectivity index (χ0v) is 19.5. The summed E-state index contributed by atoms with van der Waals surface area (Å²) in [5.41, 5.74) is 2.49. The summed E-state index contributed by atoms with van der Waals surface area (Å²) in [5.74, 6) is 0.116. The van der Waals surface area contributed by atoms with Gasteiger partial charge in [0.1, 0.15) is 0 Å². The minimum absolute atomic E-state index is 0.0596. The fourth-order valence-electron chi connectivity index (χ4n) is 7.57. The molecule has 0 aromatic rings. The first-order valence-electron chi connectivity index (χ1n) is 12.4. The van der Waals surface area contributed by atoms with Crippen LogP contribution in [0.1, 0.15) is 78.1 Å². The van der Waals surface area contributed by atoms with Crippen LogP contribution in [-0.4, -0.2) is 46.4 Å². The molecule has 4 fully saturated rings. The van der Waals surface area contributed by atoms with E-state index in [2.05, 4.69) is 25.1 Å². The van der Waals surface area contributed by atoms with Gasteiger partial charge in [-0.1, -0.05) is 24.6 Å². The minimum Gasteiger partial charge on any atom is -0.393 e. The number of aliphatic hydroxyl groups is 1. The predicted octanol–water partition coefficient (Wildman–Crippen LogP) is 3.29. The zero-order valence-electron chi connectivity index (χ0n) is 19.5. The molecule has 0 unspecified atom stereocenters. The molecular weight excluding hydrogens is 424 g/mol. The Morgan fingerprint density at radius 1 is 1.06 bits per heavy atom. The van der Waals surface area contributed by atoms with E-state index < -0.39 is 24.4 Å². The van der Waals surface area contributed by atoms with Gasteiger partial charge in [0.25, 0.3) is 11.8 Å². The third-order valence-electron chi connectivity index (χ3n) is 9.49. The smallest absolute Gasteiger partial charge is 0.373 e. The lowest BCUT2D eigenvalue weighted by Gasteiger charge is -2.57. The molecule has 0 spiro atoms. The Balaban J connectivity index is 1.22. The number of hydrogen-bond acceptors (Lipinski definition) is 7. The molecule has 1 aliphatic heterocycles. The maximum Gasteiger partial charge on any atom is 0.373 e. The van der Waals surface area contributed by atoms with E-state index in [0.717, 1.165) is 50.7 Å². The lowest BCUT2D eigenvalue weighted by atomic mass is 9.47. The van der Waals surface area contributed by atoms with Gasteiger partial charge in [0, 0.05) is 12.8 Å². The SMILES string of the molecule is C[C@]12CC[C@@H]3[C@H](CCC4=C/C(=N\OCC(=O)ON5C(=O)CCC5=O)CC[C@@]43C)[C@@H]1CC[C@@H]2O. The van der Waals surface area contributed by atoms with Crippen molar-refractivity contribution in [2.24, 2.45) is 33.7 Å². The van der Waals surface area contributed by atoms with Crippen LogP contribution in [0.3, 0.4) is 0 Å². The number of oxime groups is 1. The first-order valence-corrected chi connectivity index (χ1v) is 12.4. The van der Waals surface area contributed by atoms with E-state index in [4.69, 9.17) is 9.68 Å². The van der Waals surface area contributed by atoms with Crippen molar-refractivity contribution in [3.63, 3.8) is 0 Å². The molecule has 180 valence electrons. The van der Waals surface area contributed by atoms with Crippen molar-refractivity contribution in [1.82, 2.24) is 5.06 Å². The van der Waals surface area contributed by atoms with Crippen molar-refractivity contribution in [3.05, 3.63) is 11.6 Å². The number of hydrogen-bond donors (Lipinski definition) is 1. The van der Waals surface area contributed by atoms with Crippen LogP contribution in [0.4, 0.5) is 0 Å². The van der Waals surface area contributed by atoms with Gasteiger partial charge in [-0.05, 0) is 86.0 Å². The van der Waals surface area contributed by atoms with Crippen LogP contribution in [0, 0.1) is 28.6 Å². The van der Waals surface area contributed by atoms with Crippen LogP contribution in [0.5, 0.6) is 0 Å². The summed E-state index contributed by atoms with van der Waals surface area (Å²) in [4.78, 5) is 45.0. The van der Waals surface area contributed by atoms with Crippen LogP contribution < -0.4 is 0 Å². The molecule has 8 heteroatoms. The van der Waals surface area contributed by atoms with Gasteiger partial charge >= 0.3 is 5.97 Å². The molecule has 0 aromatic carbocycles. The number of carbonyl (C=O) groups excluding carboxylic acids is 3. The fraction of sp³-hybridized carbons (Fsp3) is 0.760. The molecule has 1 heterocycles. The zero-order chi connectivity index (χ0) is 23.4. The Labute approximate surface area is 194 Å². The molecule has 0 aromatic heterocycles. The van der Waals surface area contributed by atoms with Crippen molar-refractivity contribution in [2.75, 3.05) is 6.61 Å². The summed E-state index contributed by atoms with van der Waals surface area (Å²) in [6.07, 6.45) is 10.5. The number of aliphatic hydroxyl groups excluding tert-OH is 1. The second kappa shape index (κ2) is 8.22. The normalized spacial score (nSPS) is 41.4. The number of fused-ring (bicyclic) bond motifs is 5. The van der Waals surface area contributed by atoms with E-state index in [0.29, 0.717) is 22.8 Å². The average Bonchev–Trinajstić information content (AvgIpc) is 3.26. The lowest BCUT2D eigenvalue weighted by Crippen LogP contribution is -2.51. The van der Waals surface area contributed by atoms with Crippen molar-refractivity contribution >= 4 is 23.5 Å². The van der Waals surface area contributed by atoms with Crippen LogP contribution in [0.15, 0.2) is 16.8 Å². The standard InChI is InChI=1S/C25H34N2O6/c1-24-11-9-16(26-32-14-23(31)33-27-21(29)7-8-22(27)30)13-15(24)3-4-17-18-5-6-20(28)25(18,2)12-10-19(17)24/h13,17-20,28H,3-12,14H2,1-2H3/b26-16-/t17-,18+,19-,20+,24+,25+/m1/s1. The van der Waals surface area contributed by atoms with Gasteiger partial charge in [0.05, 0.1) is 11.8 Å². The van der Waals surface area contributed by atoms with Crippen LogP contribution in [0.25, 0.3) is 0 Å². The highest BCUT2D eigenvalue weighted by atomic mass is 16.7. The van der Waals surface area contributed by atoms with E-state index in [1.54, 1.807) is 0 Å². The quantitative estimate of drug-likeness (QED) is 0.512. The first kappa shape index (κ1) is 22.6. The van der Waals surface area contributed by atoms with E-state index >= 15 is 0 Å². The first-order chi connectivity index (χ1) is 15.7. The van der Waals surface area contributed by atoms with Gasteiger partial charge in [-0.15, -0.1) is 5.06 Å². The Morgan fingerprint density at radius 3 is 2.58 bits per heavy atom. The summed E-state index contributed by atoms with van der Waals surface area (Å²) < 4.78 is 0. The molecule has 6 atom stereocenters. The summed E-state index contributed by atoms with van der Waals surface area (Å²) in [5, 5.41) is 15.3. The maximum absolute atomic E-state index is 11.9. The molecule has 8 nitrogen and oxygen atoms in total. The summed E-state index contributed by atoms with van der Waals surface area (Å²) in [7, 11) is 0. The minimum atomic E-state index is -0.819. The van der Waals surface area contributed by atoms with Gasteiger partial charge in [-0.3, -0.25) is 9.59 Å². The highest BCUT2D eigenvalue weighted by Crippen LogP contribution is 2.65. The van der Waals surface area contributed by atoms with E-state index in [9.17, 15) is 19.5 Å². The molecule has 4 aliphatic carbocycles. The highest BCUT2D eigenvalue weighted by molar-refractivity contribution is 6.01. The molecule has 3 saturated carbocycles. The van der Waals surface area contributed by atoms with Crippen molar-refractivity contribution in [2.45, 2.75) is 84.2 Å². The second-order valence-electron chi connectivity index (χ2n) is 11.0. The molecule has 0 bridgehead atoms. The number of imide groups is 1. The molecule has 5 rings (SSSR count). The molecule has 0 radical (unpaired) electrons. The van der Waals surface area contributed by atoms with Crippen molar-refractivity contribution in [3.8, 4) is 0 Å². The average molecular weight is 459 g/mol. The number of carbonyl (C=O) groups is 3. The Kier molecular flexibility index (Phi) is 5.62. The van der Waals surface area contributed by atoms with Crippen molar-refractivity contribution < 1.29 is 29.2 Å². The van der Waals surface area contributed by atoms with E-state index in [1.807, 2.05) is 0 Å². The largest absolute Gasteiger partial charge is 0.393 e. The van der Waals surface area contributed by atoms with Gasteiger partial charge in [0.2, 0.25) is 6.61 Å². The fourth-order valence-corrected chi connectivity index (χ4v) is 7.57. The highest BCUT2D eigenvalue weighted by Gasteiger charge is 2.58. The number of allylic oxidation sites excluding steroid dienone is 2. The van der Waals surface area contributed by atoms with Crippen LogP contribution >= 0.6 is 0 Å². The van der Waals surface area contributed by atoms with Gasteiger partial charge < -0.3 is 14.8 Å². The molecule has 1 saturated heterocycles. The third kappa shape index (κ3) is 3.70. The molecule has 1 N–H and O–H groups in total. The molecule has 5 aliphatic rings. The number of rotatable bonds is 4. The molecule has 33 heavy (non-hydrogen) atoms.